The van der Waals surface area contributed by atoms with Crippen molar-refractivity contribution in [2.75, 3.05) is 0 Å². The third-order valence-electron chi connectivity index (χ3n) is 4.70. The fourth-order valence-electron chi connectivity index (χ4n) is 3.56. The lowest BCUT2D eigenvalue weighted by Crippen LogP contribution is -1.97. The van der Waals surface area contributed by atoms with E-state index in [4.69, 9.17) is 0 Å². The molecule has 0 heterocycles. The van der Waals surface area contributed by atoms with Crippen molar-refractivity contribution >= 4 is 23.3 Å². The van der Waals surface area contributed by atoms with Crippen molar-refractivity contribution in [3.8, 4) is 24.3 Å². The van der Waals surface area contributed by atoms with Crippen molar-refractivity contribution in [2.45, 2.75) is 20.8 Å². The Morgan fingerprint density at radius 3 is 1.73 bits per heavy atom. The highest BCUT2D eigenvalue weighted by molar-refractivity contribution is 6.04. The fraction of sp³-hybridized carbons (Fsp3) is 0.182. The van der Waals surface area contributed by atoms with Gasteiger partial charge in [0.1, 0.15) is 35.4 Å². The van der Waals surface area contributed by atoms with E-state index in [9.17, 15) is 21.0 Å². The molecule has 4 heteroatoms. The topological polar surface area (TPSA) is 95.2 Å². The summed E-state index contributed by atoms with van der Waals surface area (Å²) in [5.74, 6) is 0.157. The molecule has 26 heavy (non-hydrogen) atoms. The molecule has 0 fully saturated rings. The standard InChI is InChI=1S/C22H14N4/c1-12(2)18-5-15-7-19-14(4-13(3)21(19)16(8-23)9-24)6-20(15)22(18)17(10-25)11-26/h4-7,12H,1-3H3. The highest BCUT2D eigenvalue weighted by Gasteiger charge is 2.29. The Balaban J connectivity index is 2.35. The van der Waals surface area contributed by atoms with Crippen LogP contribution in [0.5, 0.6) is 0 Å². The van der Waals surface area contributed by atoms with Crippen LogP contribution in [0.3, 0.4) is 0 Å². The summed E-state index contributed by atoms with van der Waals surface area (Å²) in [7, 11) is 0. The lowest BCUT2D eigenvalue weighted by molar-refractivity contribution is 0.805. The van der Waals surface area contributed by atoms with Crippen LogP contribution >= 0.6 is 0 Å². The maximum Gasteiger partial charge on any atom is 0.137 e. The number of nitriles is 4. The Morgan fingerprint density at radius 2 is 1.23 bits per heavy atom. The molecule has 0 atom stereocenters. The SMILES string of the molecule is CC1=Cc2cc3c(cc2C1=C(C#N)C#N)C=C(C(C)C)C3=C(C#N)C#N. The van der Waals surface area contributed by atoms with Gasteiger partial charge in [0.15, 0.2) is 0 Å². The van der Waals surface area contributed by atoms with Gasteiger partial charge in [0.25, 0.3) is 0 Å². The second kappa shape index (κ2) is 6.22. The van der Waals surface area contributed by atoms with E-state index >= 15 is 0 Å². The van der Waals surface area contributed by atoms with E-state index in [0.717, 1.165) is 33.4 Å². The zero-order chi connectivity index (χ0) is 19.0. The average Bonchev–Trinajstić information content (AvgIpc) is 3.13. The molecular formula is C22H14N4. The molecule has 0 saturated carbocycles. The maximum absolute atomic E-state index is 9.38. The summed E-state index contributed by atoms with van der Waals surface area (Å²) in [5, 5.41) is 37.3. The minimum Gasteiger partial charge on any atom is -0.192 e. The first kappa shape index (κ1) is 17.0. The summed E-state index contributed by atoms with van der Waals surface area (Å²) >= 11 is 0. The van der Waals surface area contributed by atoms with Crippen molar-refractivity contribution in [3.63, 3.8) is 0 Å². The molecule has 1 aromatic carbocycles. The zero-order valence-electron chi connectivity index (χ0n) is 14.7. The van der Waals surface area contributed by atoms with E-state index in [1.165, 1.54) is 0 Å². The number of rotatable bonds is 1. The van der Waals surface area contributed by atoms with Crippen LogP contribution in [0, 0.1) is 51.2 Å². The molecule has 4 nitrogen and oxygen atoms in total. The molecule has 0 aromatic heterocycles. The molecule has 2 aliphatic carbocycles. The number of hydrogen-bond donors (Lipinski definition) is 0. The normalized spacial score (nSPS) is 13.7. The van der Waals surface area contributed by atoms with Crippen LogP contribution < -0.4 is 0 Å². The summed E-state index contributed by atoms with van der Waals surface area (Å²) in [4.78, 5) is 0. The molecule has 0 bridgehead atoms. The number of benzene rings is 1. The molecule has 0 N–H and O–H groups in total. The first-order valence-corrected chi connectivity index (χ1v) is 8.15. The average molecular weight is 334 g/mol. The quantitative estimate of drug-likeness (QED) is 0.692. The van der Waals surface area contributed by atoms with Gasteiger partial charge in [0.05, 0.1) is 0 Å². The van der Waals surface area contributed by atoms with Gasteiger partial charge in [0.2, 0.25) is 0 Å². The third-order valence-corrected chi connectivity index (χ3v) is 4.70. The van der Waals surface area contributed by atoms with Crippen LogP contribution in [-0.4, -0.2) is 0 Å². The van der Waals surface area contributed by atoms with Gasteiger partial charge in [-0.05, 0) is 58.4 Å². The first-order valence-electron chi connectivity index (χ1n) is 8.15. The van der Waals surface area contributed by atoms with E-state index in [2.05, 4.69) is 0 Å². The summed E-state index contributed by atoms with van der Waals surface area (Å²) in [6.07, 6.45) is 3.93. The summed E-state index contributed by atoms with van der Waals surface area (Å²) < 4.78 is 0. The van der Waals surface area contributed by atoms with Gasteiger partial charge in [-0.3, -0.25) is 0 Å². The van der Waals surface area contributed by atoms with Crippen molar-refractivity contribution in [2.24, 2.45) is 5.92 Å². The highest BCUT2D eigenvalue weighted by Crippen LogP contribution is 2.46. The van der Waals surface area contributed by atoms with Crippen LogP contribution in [0.25, 0.3) is 23.3 Å². The van der Waals surface area contributed by atoms with Gasteiger partial charge >= 0.3 is 0 Å². The van der Waals surface area contributed by atoms with Crippen molar-refractivity contribution in [1.29, 1.82) is 21.0 Å². The molecule has 3 rings (SSSR count). The van der Waals surface area contributed by atoms with Gasteiger partial charge in [-0.2, -0.15) is 21.0 Å². The predicted octanol–water partition coefficient (Wildman–Crippen LogP) is 4.76. The lowest BCUT2D eigenvalue weighted by Gasteiger charge is -2.12. The largest absolute Gasteiger partial charge is 0.192 e. The van der Waals surface area contributed by atoms with Crippen LogP contribution in [0.1, 0.15) is 43.0 Å². The Bertz CT molecular complexity index is 1110. The summed E-state index contributed by atoms with van der Waals surface area (Å²) in [5.41, 5.74) is 6.85. The molecule has 2 aliphatic rings. The second-order valence-electron chi connectivity index (χ2n) is 6.56. The molecule has 0 aliphatic heterocycles. The van der Waals surface area contributed by atoms with Gasteiger partial charge in [-0.25, -0.2) is 0 Å². The van der Waals surface area contributed by atoms with Gasteiger partial charge in [0, 0.05) is 11.1 Å². The molecule has 0 radical (unpaired) electrons. The molecule has 0 spiro atoms. The van der Waals surface area contributed by atoms with E-state index in [0.29, 0.717) is 11.1 Å². The predicted molar refractivity (Wildman–Crippen MR) is 99.2 cm³/mol. The number of fused-ring (bicyclic) bond motifs is 2. The van der Waals surface area contributed by atoms with Crippen LogP contribution in [0.2, 0.25) is 0 Å². The van der Waals surface area contributed by atoms with Crippen molar-refractivity contribution in [3.05, 3.63) is 56.7 Å². The van der Waals surface area contributed by atoms with Gasteiger partial charge in [-0.15, -0.1) is 0 Å². The van der Waals surface area contributed by atoms with Crippen LogP contribution in [0.15, 0.2) is 34.4 Å². The molecule has 0 amide bonds. The highest BCUT2D eigenvalue weighted by atomic mass is 14.4. The Kier molecular flexibility index (Phi) is 4.06. The maximum atomic E-state index is 9.38. The number of nitrogens with zero attached hydrogens (tertiary/aromatic N) is 4. The first-order chi connectivity index (χ1) is 12.5. The molecule has 0 saturated heterocycles. The van der Waals surface area contributed by atoms with Gasteiger partial charge < -0.3 is 0 Å². The molecule has 0 unspecified atom stereocenters. The monoisotopic (exact) mass is 334 g/mol. The summed E-state index contributed by atoms with van der Waals surface area (Å²) in [6.45, 7) is 5.92. The molecule has 122 valence electrons. The van der Waals surface area contributed by atoms with Gasteiger partial charge in [-0.1, -0.05) is 26.0 Å². The molecule has 1 aromatic rings. The van der Waals surface area contributed by atoms with E-state index in [1.54, 1.807) is 0 Å². The lowest BCUT2D eigenvalue weighted by atomic mass is 9.90. The van der Waals surface area contributed by atoms with Crippen LogP contribution in [0.4, 0.5) is 0 Å². The minimum atomic E-state index is 0.0917. The van der Waals surface area contributed by atoms with E-state index in [-0.39, 0.29) is 17.1 Å². The van der Waals surface area contributed by atoms with Crippen molar-refractivity contribution < 1.29 is 0 Å². The van der Waals surface area contributed by atoms with E-state index < -0.39 is 0 Å². The second-order valence-corrected chi connectivity index (χ2v) is 6.56. The number of hydrogen-bond acceptors (Lipinski definition) is 4. The van der Waals surface area contributed by atoms with Crippen molar-refractivity contribution in [1.82, 2.24) is 0 Å². The minimum absolute atomic E-state index is 0.0917. The molecular weight excluding hydrogens is 320 g/mol. The van der Waals surface area contributed by atoms with Crippen LogP contribution in [-0.2, 0) is 0 Å². The summed E-state index contributed by atoms with van der Waals surface area (Å²) in [6, 6.07) is 11.9. The smallest absolute Gasteiger partial charge is 0.137 e. The Morgan fingerprint density at radius 1 is 0.769 bits per heavy atom. The fourth-order valence-corrected chi connectivity index (χ4v) is 3.56. The Hall–Kier alpha value is -3.86. The third kappa shape index (κ3) is 2.34. The number of allylic oxidation sites excluding steroid dienone is 6. The Labute approximate surface area is 152 Å². The van der Waals surface area contributed by atoms with E-state index in [1.807, 2.05) is 69.3 Å². The zero-order valence-corrected chi connectivity index (χ0v) is 14.7.